The van der Waals surface area contributed by atoms with Gasteiger partial charge >= 0.3 is 0 Å². The van der Waals surface area contributed by atoms with Gasteiger partial charge in [0.2, 0.25) is 0 Å². The van der Waals surface area contributed by atoms with Crippen molar-refractivity contribution in [2.24, 2.45) is 0 Å². The number of hydrogen-bond donors (Lipinski definition) is 1. The number of methoxy groups -OCH3 is 1. The van der Waals surface area contributed by atoms with Crippen LogP contribution in [0, 0.1) is 0 Å². The molecule has 0 amide bonds. The number of rotatable bonds is 7. The van der Waals surface area contributed by atoms with E-state index in [2.05, 4.69) is 31.4 Å². The van der Waals surface area contributed by atoms with Gasteiger partial charge in [0.25, 0.3) is 0 Å². The van der Waals surface area contributed by atoms with Crippen molar-refractivity contribution in [1.82, 2.24) is 15.5 Å². The Morgan fingerprint density at radius 1 is 1.38 bits per heavy atom. The van der Waals surface area contributed by atoms with E-state index in [1.165, 1.54) is 12.8 Å². The van der Waals surface area contributed by atoms with Gasteiger partial charge in [-0.15, -0.1) is 10.2 Å². The van der Waals surface area contributed by atoms with Gasteiger partial charge in [-0.25, -0.2) is 0 Å². The maximum absolute atomic E-state index is 5.27. The summed E-state index contributed by atoms with van der Waals surface area (Å²) in [6, 6.07) is 6.68. The van der Waals surface area contributed by atoms with Crippen LogP contribution >= 0.6 is 27.3 Å². The van der Waals surface area contributed by atoms with Crippen LogP contribution in [0.1, 0.15) is 24.3 Å². The number of aromatic nitrogens is 2. The Bertz CT molecular complexity index is 613. The molecule has 0 aliphatic heterocycles. The molecule has 6 heteroatoms. The third-order valence-corrected chi connectivity index (χ3v) is 5.16. The maximum atomic E-state index is 5.27. The highest BCUT2D eigenvalue weighted by Gasteiger charge is 2.19. The van der Waals surface area contributed by atoms with E-state index >= 15 is 0 Å². The highest BCUT2D eigenvalue weighted by molar-refractivity contribution is 9.10. The molecule has 2 aromatic rings. The van der Waals surface area contributed by atoms with Crippen LogP contribution in [-0.2, 0) is 6.42 Å². The Kier molecular flexibility index (Phi) is 4.87. The van der Waals surface area contributed by atoms with Crippen molar-refractivity contribution in [2.75, 3.05) is 13.7 Å². The van der Waals surface area contributed by atoms with Crippen LogP contribution in [0.25, 0.3) is 10.6 Å². The quantitative estimate of drug-likeness (QED) is 0.758. The summed E-state index contributed by atoms with van der Waals surface area (Å²) < 4.78 is 6.29. The van der Waals surface area contributed by atoms with E-state index in [1.807, 2.05) is 18.2 Å². The molecule has 1 heterocycles. The van der Waals surface area contributed by atoms with Crippen molar-refractivity contribution >= 4 is 27.3 Å². The van der Waals surface area contributed by atoms with Crippen molar-refractivity contribution in [2.45, 2.75) is 31.7 Å². The minimum Gasteiger partial charge on any atom is -0.497 e. The lowest BCUT2D eigenvalue weighted by Crippen LogP contribution is -2.17. The molecular formula is C15H18BrN3OS. The van der Waals surface area contributed by atoms with Gasteiger partial charge in [-0.05, 0) is 44.0 Å². The van der Waals surface area contributed by atoms with Gasteiger partial charge in [-0.3, -0.25) is 0 Å². The second-order valence-corrected chi connectivity index (χ2v) is 7.10. The van der Waals surface area contributed by atoms with Gasteiger partial charge < -0.3 is 10.1 Å². The number of aryl methyl sites for hydroxylation is 1. The summed E-state index contributed by atoms with van der Waals surface area (Å²) >= 11 is 5.22. The second kappa shape index (κ2) is 6.85. The molecule has 1 N–H and O–H groups in total. The van der Waals surface area contributed by atoms with E-state index in [1.54, 1.807) is 18.4 Å². The number of hydrogen-bond acceptors (Lipinski definition) is 5. The minimum atomic E-state index is 0.780. The summed E-state index contributed by atoms with van der Waals surface area (Å²) in [5.74, 6) is 0.832. The molecule has 112 valence electrons. The average Bonchev–Trinajstić information content (AvgIpc) is 3.21. The minimum absolute atomic E-state index is 0.780. The molecular weight excluding hydrogens is 350 g/mol. The second-order valence-electron chi connectivity index (χ2n) is 5.18. The van der Waals surface area contributed by atoms with Crippen molar-refractivity contribution in [1.29, 1.82) is 0 Å². The van der Waals surface area contributed by atoms with E-state index in [0.29, 0.717) is 0 Å². The summed E-state index contributed by atoms with van der Waals surface area (Å²) in [7, 11) is 1.67. The van der Waals surface area contributed by atoms with Crippen LogP contribution < -0.4 is 10.1 Å². The summed E-state index contributed by atoms with van der Waals surface area (Å²) in [5, 5.41) is 14.2. The highest BCUT2D eigenvalue weighted by Crippen LogP contribution is 2.33. The van der Waals surface area contributed by atoms with Crippen LogP contribution in [-0.4, -0.2) is 29.9 Å². The lowest BCUT2D eigenvalue weighted by Gasteiger charge is -2.03. The van der Waals surface area contributed by atoms with Crippen LogP contribution in [0.15, 0.2) is 22.7 Å². The normalized spacial score (nSPS) is 14.4. The first-order valence-corrected chi connectivity index (χ1v) is 8.77. The molecule has 0 bridgehead atoms. The molecule has 1 fully saturated rings. The Morgan fingerprint density at radius 3 is 3.00 bits per heavy atom. The fourth-order valence-corrected chi connectivity index (χ4v) is 3.57. The number of benzene rings is 1. The summed E-state index contributed by atoms with van der Waals surface area (Å²) in [4.78, 5) is 0. The fourth-order valence-electron chi connectivity index (χ4n) is 2.09. The lowest BCUT2D eigenvalue weighted by atomic mass is 10.2. The smallest absolute Gasteiger partial charge is 0.149 e. The third kappa shape index (κ3) is 4.02. The molecule has 0 spiro atoms. The summed E-state index contributed by atoms with van der Waals surface area (Å²) in [6.07, 6.45) is 4.78. The lowest BCUT2D eigenvalue weighted by molar-refractivity contribution is 0.415. The Balaban J connectivity index is 1.63. The topological polar surface area (TPSA) is 47.0 Å². The zero-order valence-electron chi connectivity index (χ0n) is 11.9. The fraction of sp³-hybridized carbons (Fsp3) is 0.467. The molecule has 1 aliphatic carbocycles. The van der Waals surface area contributed by atoms with Crippen molar-refractivity contribution < 1.29 is 4.74 Å². The molecule has 0 unspecified atom stereocenters. The van der Waals surface area contributed by atoms with Gasteiger partial charge in [0.1, 0.15) is 15.8 Å². The molecule has 1 aliphatic rings. The van der Waals surface area contributed by atoms with Crippen molar-refractivity contribution in [3.63, 3.8) is 0 Å². The Hall–Kier alpha value is -0.980. The first-order valence-electron chi connectivity index (χ1n) is 7.16. The van der Waals surface area contributed by atoms with Crippen LogP contribution in [0.2, 0.25) is 0 Å². The predicted octanol–water partition coefficient (Wildman–Crippen LogP) is 3.66. The van der Waals surface area contributed by atoms with E-state index in [0.717, 1.165) is 51.2 Å². The standard InChI is InChI=1S/C15H18BrN3OS/c1-20-11-6-7-13(16)12(9-11)15-19-18-14(21-15)3-2-8-17-10-4-5-10/h6-7,9-10,17H,2-5,8H2,1H3. The zero-order chi connectivity index (χ0) is 14.7. The molecule has 4 nitrogen and oxygen atoms in total. The van der Waals surface area contributed by atoms with E-state index < -0.39 is 0 Å². The number of halogens is 1. The molecule has 0 radical (unpaired) electrons. The molecule has 1 aromatic heterocycles. The third-order valence-electron chi connectivity index (χ3n) is 3.45. The van der Waals surface area contributed by atoms with Crippen molar-refractivity contribution in [3.05, 3.63) is 27.7 Å². The van der Waals surface area contributed by atoms with Gasteiger partial charge in [0.15, 0.2) is 0 Å². The molecule has 0 saturated heterocycles. The van der Waals surface area contributed by atoms with Gasteiger partial charge in [0.05, 0.1) is 7.11 Å². The SMILES string of the molecule is COc1ccc(Br)c(-c2nnc(CCCNC3CC3)s2)c1. The molecule has 1 aromatic carbocycles. The van der Waals surface area contributed by atoms with Gasteiger partial charge in [-0.1, -0.05) is 27.3 Å². The highest BCUT2D eigenvalue weighted by atomic mass is 79.9. The number of nitrogens with one attached hydrogen (secondary N) is 1. The van der Waals surface area contributed by atoms with E-state index in [9.17, 15) is 0 Å². The maximum Gasteiger partial charge on any atom is 0.149 e. The van der Waals surface area contributed by atoms with Crippen LogP contribution in [0.5, 0.6) is 5.75 Å². The molecule has 1 saturated carbocycles. The number of ether oxygens (including phenoxy) is 1. The first-order chi connectivity index (χ1) is 10.3. The van der Waals surface area contributed by atoms with E-state index in [-0.39, 0.29) is 0 Å². The first kappa shape index (κ1) is 14.9. The van der Waals surface area contributed by atoms with Gasteiger partial charge in [0, 0.05) is 22.5 Å². The Morgan fingerprint density at radius 2 is 2.24 bits per heavy atom. The Labute approximate surface area is 137 Å². The zero-order valence-corrected chi connectivity index (χ0v) is 14.3. The number of nitrogens with zero attached hydrogens (tertiary/aromatic N) is 2. The van der Waals surface area contributed by atoms with Crippen molar-refractivity contribution in [3.8, 4) is 16.3 Å². The molecule has 3 rings (SSSR count). The summed E-state index contributed by atoms with van der Waals surface area (Å²) in [5.41, 5.74) is 1.04. The van der Waals surface area contributed by atoms with Crippen LogP contribution in [0.4, 0.5) is 0 Å². The summed E-state index contributed by atoms with van der Waals surface area (Å²) in [6.45, 7) is 1.07. The molecule has 21 heavy (non-hydrogen) atoms. The van der Waals surface area contributed by atoms with Crippen LogP contribution in [0.3, 0.4) is 0 Å². The van der Waals surface area contributed by atoms with Gasteiger partial charge in [-0.2, -0.15) is 0 Å². The van der Waals surface area contributed by atoms with E-state index in [4.69, 9.17) is 4.74 Å². The average molecular weight is 368 g/mol. The largest absolute Gasteiger partial charge is 0.497 e. The monoisotopic (exact) mass is 367 g/mol. The molecule has 0 atom stereocenters. The predicted molar refractivity (Wildman–Crippen MR) is 88.9 cm³/mol.